The average molecular weight is 186 g/mol. The molecule has 1 atom stereocenters. The van der Waals surface area contributed by atoms with E-state index in [0.717, 1.165) is 12.3 Å². The fraction of sp³-hybridized carbons (Fsp3) is 0.286. The number of alkyl halides is 3. The second-order valence-corrected chi connectivity index (χ2v) is 2.54. The van der Waals surface area contributed by atoms with Crippen molar-refractivity contribution in [2.24, 2.45) is 5.73 Å². The van der Waals surface area contributed by atoms with Crippen molar-refractivity contribution in [2.75, 3.05) is 0 Å². The monoisotopic (exact) mass is 186 g/mol. The minimum absolute atomic E-state index is 0.235. The van der Waals surface area contributed by atoms with E-state index in [1.54, 1.807) is 0 Å². The summed E-state index contributed by atoms with van der Waals surface area (Å²) < 4.78 is 36.1. The molecule has 0 aliphatic rings. The van der Waals surface area contributed by atoms with Gasteiger partial charge in [0.15, 0.2) is 0 Å². The van der Waals surface area contributed by atoms with Crippen LogP contribution in [-0.4, -0.2) is 19.0 Å². The van der Waals surface area contributed by atoms with E-state index in [1.807, 2.05) is 0 Å². The maximum Gasteiger partial charge on any atom is 0.409 e. The highest BCUT2D eigenvalue weighted by Gasteiger charge is 2.38. The Morgan fingerprint density at radius 1 is 1.38 bits per heavy atom. The maximum absolute atomic E-state index is 12.0. The van der Waals surface area contributed by atoms with Crippen molar-refractivity contribution in [3.63, 3.8) is 0 Å². The third-order valence-corrected chi connectivity index (χ3v) is 1.48. The Balaban J connectivity index is 2.90. The molecular weight excluding hydrogens is 180 g/mol. The van der Waals surface area contributed by atoms with Crippen LogP contribution in [-0.2, 0) is 0 Å². The summed E-state index contributed by atoms with van der Waals surface area (Å²) in [5.74, 6) is 0. The minimum Gasteiger partial charge on any atom is -0.315 e. The van der Waals surface area contributed by atoms with Gasteiger partial charge in [-0.3, -0.25) is 4.98 Å². The van der Waals surface area contributed by atoms with Crippen LogP contribution >= 0.6 is 0 Å². The van der Waals surface area contributed by atoms with Crippen LogP contribution in [0.25, 0.3) is 0 Å². The van der Waals surface area contributed by atoms with Crippen molar-refractivity contribution in [3.8, 4) is 0 Å². The Kier molecular flexibility index (Phi) is 2.61. The fourth-order valence-electron chi connectivity index (χ4n) is 0.768. The number of rotatable bonds is 1. The Morgan fingerprint density at radius 2 is 2.00 bits per heavy atom. The summed E-state index contributed by atoms with van der Waals surface area (Å²) in [6.07, 6.45) is -3.33. The van der Waals surface area contributed by atoms with Gasteiger partial charge in [0, 0.05) is 6.20 Å². The van der Waals surface area contributed by atoms with Crippen molar-refractivity contribution >= 4 is 13.3 Å². The smallest absolute Gasteiger partial charge is 0.315 e. The lowest BCUT2D eigenvalue weighted by Gasteiger charge is -2.14. The highest BCUT2D eigenvalue weighted by Crippen LogP contribution is 2.28. The van der Waals surface area contributed by atoms with Gasteiger partial charge in [0.25, 0.3) is 0 Å². The number of aromatic nitrogens is 1. The first-order valence-corrected chi connectivity index (χ1v) is 3.45. The predicted octanol–water partition coefficient (Wildman–Crippen LogP) is 0.438. The maximum atomic E-state index is 12.0. The molecule has 2 N–H and O–H groups in total. The van der Waals surface area contributed by atoms with E-state index in [9.17, 15) is 13.2 Å². The lowest BCUT2D eigenvalue weighted by molar-refractivity contribution is -0.149. The molecule has 0 spiro atoms. The molecule has 1 aromatic rings. The molecule has 0 fully saturated rings. The molecule has 68 valence electrons. The van der Waals surface area contributed by atoms with E-state index in [1.165, 1.54) is 6.07 Å². The normalized spacial score (nSPS) is 14.2. The highest BCUT2D eigenvalue weighted by molar-refractivity contribution is 6.31. The van der Waals surface area contributed by atoms with Crippen molar-refractivity contribution < 1.29 is 13.2 Å². The van der Waals surface area contributed by atoms with Crippen molar-refractivity contribution in [1.29, 1.82) is 0 Å². The summed E-state index contributed by atoms with van der Waals surface area (Å²) in [6.45, 7) is 0. The van der Waals surface area contributed by atoms with Gasteiger partial charge in [0.2, 0.25) is 0 Å². The molecule has 0 bridgehead atoms. The summed E-state index contributed by atoms with van der Waals surface area (Å²) in [7, 11) is 5.25. The van der Waals surface area contributed by atoms with E-state index in [0.29, 0.717) is 5.46 Å². The highest BCUT2D eigenvalue weighted by atomic mass is 19.4. The van der Waals surface area contributed by atoms with Gasteiger partial charge in [-0.05, 0) is 6.07 Å². The first kappa shape index (κ1) is 10.0. The number of halogens is 3. The van der Waals surface area contributed by atoms with Gasteiger partial charge in [-0.2, -0.15) is 13.2 Å². The van der Waals surface area contributed by atoms with Crippen LogP contribution in [0.3, 0.4) is 0 Å². The number of hydrogen-bond donors (Lipinski definition) is 1. The van der Waals surface area contributed by atoms with Crippen molar-refractivity contribution in [2.45, 2.75) is 12.2 Å². The number of nitrogens with two attached hydrogens (primary N) is 1. The average Bonchev–Trinajstić information content (AvgIpc) is 2.03. The van der Waals surface area contributed by atoms with E-state index in [2.05, 4.69) is 4.98 Å². The number of nitrogens with zero attached hydrogens (tertiary/aromatic N) is 1. The molecule has 1 aromatic heterocycles. The third-order valence-electron chi connectivity index (χ3n) is 1.48. The van der Waals surface area contributed by atoms with Crippen LogP contribution in [0.2, 0.25) is 0 Å². The lowest BCUT2D eigenvalue weighted by atomic mass is 9.98. The van der Waals surface area contributed by atoms with Gasteiger partial charge >= 0.3 is 6.18 Å². The number of pyridine rings is 1. The quantitative estimate of drug-likeness (QED) is 0.646. The Morgan fingerprint density at radius 3 is 2.38 bits per heavy atom. The van der Waals surface area contributed by atoms with Crippen LogP contribution in [0, 0.1) is 0 Å². The lowest BCUT2D eigenvalue weighted by Crippen LogP contribution is -2.29. The van der Waals surface area contributed by atoms with Gasteiger partial charge < -0.3 is 5.73 Å². The molecule has 0 aliphatic carbocycles. The fourth-order valence-corrected chi connectivity index (χ4v) is 0.768. The zero-order valence-corrected chi connectivity index (χ0v) is 6.55. The molecule has 1 heterocycles. The first-order chi connectivity index (χ1) is 5.91. The minimum atomic E-state index is -4.47. The van der Waals surface area contributed by atoms with Crippen LogP contribution in [0.15, 0.2) is 18.3 Å². The SMILES string of the molecule is [B]c1ccc(C(N)C(F)(F)F)nc1. The van der Waals surface area contributed by atoms with Crippen molar-refractivity contribution in [1.82, 2.24) is 4.98 Å². The van der Waals surface area contributed by atoms with Gasteiger partial charge in [0.1, 0.15) is 13.9 Å². The van der Waals surface area contributed by atoms with Gasteiger partial charge in [0.05, 0.1) is 5.69 Å². The topological polar surface area (TPSA) is 38.9 Å². The second kappa shape index (κ2) is 3.37. The summed E-state index contributed by atoms with van der Waals surface area (Å²) in [5.41, 5.74) is 4.96. The Labute approximate surface area is 74.4 Å². The van der Waals surface area contributed by atoms with Gasteiger partial charge in [-0.25, -0.2) is 0 Å². The van der Waals surface area contributed by atoms with Gasteiger partial charge in [-0.15, -0.1) is 0 Å². The standard InChI is InChI=1S/C7H6BF3N2/c8-4-1-2-5(13-3-4)6(12)7(9,10)11/h1-3,6H,12H2. The zero-order valence-electron chi connectivity index (χ0n) is 6.55. The largest absolute Gasteiger partial charge is 0.409 e. The molecule has 1 rings (SSSR count). The summed E-state index contributed by atoms with van der Waals surface area (Å²) in [6, 6.07) is 0.439. The predicted molar refractivity (Wildman–Crippen MR) is 42.6 cm³/mol. The molecule has 0 saturated carbocycles. The van der Waals surface area contributed by atoms with Gasteiger partial charge in [-0.1, -0.05) is 11.5 Å². The third kappa shape index (κ3) is 2.45. The Hall–Kier alpha value is -1.04. The van der Waals surface area contributed by atoms with Crippen LogP contribution in [0.5, 0.6) is 0 Å². The molecule has 6 heteroatoms. The Bertz CT molecular complexity index is 283. The number of hydrogen-bond acceptors (Lipinski definition) is 2. The first-order valence-electron chi connectivity index (χ1n) is 3.45. The molecule has 0 amide bonds. The van der Waals surface area contributed by atoms with E-state index in [4.69, 9.17) is 13.6 Å². The van der Waals surface area contributed by atoms with Crippen LogP contribution in [0.1, 0.15) is 11.7 Å². The molecular formula is C7H6BF3N2. The second-order valence-electron chi connectivity index (χ2n) is 2.54. The van der Waals surface area contributed by atoms with Crippen LogP contribution < -0.4 is 11.2 Å². The molecule has 2 radical (unpaired) electrons. The molecule has 2 nitrogen and oxygen atoms in total. The van der Waals surface area contributed by atoms with E-state index < -0.39 is 12.2 Å². The summed E-state index contributed by atoms with van der Waals surface area (Å²) in [4.78, 5) is 3.47. The summed E-state index contributed by atoms with van der Waals surface area (Å²) in [5, 5.41) is 0. The molecule has 0 saturated heterocycles. The van der Waals surface area contributed by atoms with E-state index >= 15 is 0 Å². The summed E-state index contributed by atoms with van der Waals surface area (Å²) >= 11 is 0. The molecule has 13 heavy (non-hydrogen) atoms. The molecule has 0 aliphatic heterocycles. The molecule has 0 aromatic carbocycles. The van der Waals surface area contributed by atoms with Crippen LogP contribution in [0.4, 0.5) is 13.2 Å². The zero-order chi connectivity index (χ0) is 10.1. The van der Waals surface area contributed by atoms with Crippen molar-refractivity contribution in [3.05, 3.63) is 24.0 Å². The van der Waals surface area contributed by atoms with E-state index in [-0.39, 0.29) is 5.69 Å². The molecule has 1 unspecified atom stereocenters.